The molecule has 8 N–H and O–H groups in total. The van der Waals surface area contributed by atoms with E-state index < -0.39 is 18.5 Å². The van der Waals surface area contributed by atoms with Gasteiger partial charge in [-0.2, -0.15) is 0 Å². The summed E-state index contributed by atoms with van der Waals surface area (Å²) in [6, 6.07) is 11.7. The summed E-state index contributed by atoms with van der Waals surface area (Å²) in [7, 11) is 0. The van der Waals surface area contributed by atoms with Crippen molar-refractivity contribution in [1.29, 1.82) is 0 Å². The van der Waals surface area contributed by atoms with Crippen molar-refractivity contribution in [3.8, 4) is 0 Å². The molecule has 1 fully saturated rings. The first kappa shape index (κ1) is 24.7. The molecule has 1 saturated heterocycles. The maximum Gasteiger partial charge on any atom is 0.157 e. The van der Waals surface area contributed by atoms with E-state index in [0.717, 1.165) is 11.4 Å². The molecule has 2 aromatic heterocycles. The number of aliphatic hydroxyl groups is 3. The minimum absolute atomic E-state index is 0.145. The molecule has 10 nitrogen and oxygen atoms in total. The van der Waals surface area contributed by atoms with Gasteiger partial charge in [-0.3, -0.25) is 20.7 Å². The van der Waals surface area contributed by atoms with Gasteiger partial charge in [0.25, 0.3) is 0 Å². The van der Waals surface area contributed by atoms with Crippen LogP contribution in [-0.2, 0) is 17.8 Å². The van der Waals surface area contributed by atoms with Crippen molar-refractivity contribution in [3.05, 3.63) is 72.1 Å². The Hall–Kier alpha value is -2.60. The van der Waals surface area contributed by atoms with Gasteiger partial charge < -0.3 is 31.2 Å². The standard InChI is InChI=1S/C15H20N6.C6H12O4/c16-13(9-20-17)10-21(11-14-5-1-3-7-18-14)12-15-6-2-4-8-19-15;7-3-5-1-4(8)2-6(9)10-5/h1-9,20H,10-12,16-17H2;4-9H,1-3H2/b13-9-;. The van der Waals surface area contributed by atoms with Crippen molar-refractivity contribution >= 4 is 0 Å². The molecular weight excluding hydrogens is 400 g/mol. The predicted octanol–water partition coefficient (Wildman–Crippen LogP) is -0.421. The average Bonchev–Trinajstić information content (AvgIpc) is 2.75. The number of nitrogens with one attached hydrogen (secondary N) is 1. The Balaban J connectivity index is 0.000000285. The number of hydrogen-bond donors (Lipinski definition) is 6. The van der Waals surface area contributed by atoms with Crippen molar-refractivity contribution in [2.24, 2.45) is 11.6 Å². The molecule has 2 aromatic rings. The Morgan fingerprint density at radius 1 is 1.10 bits per heavy atom. The second-order valence-corrected chi connectivity index (χ2v) is 7.19. The summed E-state index contributed by atoms with van der Waals surface area (Å²) in [5, 5.41) is 26.5. The molecular formula is C21H32N6O4. The summed E-state index contributed by atoms with van der Waals surface area (Å²) in [6.07, 6.45) is 3.96. The highest BCUT2D eigenvalue weighted by molar-refractivity contribution is 5.08. The molecule has 0 aromatic carbocycles. The minimum atomic E-state index is -0.916. The first-order chi connectivity index (χ1) is 15.0. The summed E-state index contributed by atoms with van der Waals surface area (Å²) < 4.78 is 4.85. The van der Waals surface area contributed by atoms with Gasteiger partial charge in [0.05, 0.1) is 30.2 Å². The Morgan fingerprint density at radius 2 is 1.71 bits per heavy atom. The quantitative estimate of drug-likeness (QED) is 0.238. The molecule has 3 rings (SSSR count). The highest BCUT2D eigenvalue weighted by Gasteiger charge is 2.25. The van der Waals surface area contributed by atoms with Crippen molar-refractivity contribution in [1.82, 2.24) is 20.3 Å². The lowest BCUT2D eigenvalue weighted by molar-refractivity contribution is -0.197. The third-order valence-corrected chi connectivity index (χ3v) is 4.46. The van der Waals surface area contributed by atoms with Gasteiger partial charge in [0.15, 0.2) is 6.29 Å². The van der Waals surface area contributed by atoms with E-state index in [1.165, 1.54) is 0 Å². The van der Waals surface area contributed by atoms with E-state index in [9.17, 15) is 0 Å². The lowest BCUT2D eigenvalue weighted by Gasteiger charge is -2.28. The van der Waals surface area contributed by atoms with Crippen LogP contribution in [0.4, 0.5) is 0 Å². The van der Waals surface area contributed by atoms with Crippen molar-refractivity contribution in [2.75, 3.05) is 13.2 Å². The van der Waals surface area contributed by atoms with Crippen molar-refractivity contribution in [2.45, 2.75) is 44.4 Å². The Labute approximate surface area is 182 Å². The van der Waals surface area contributed by atoms with Gasteiger partial charge in [-0.05, 0) is 24.3 Å². The number of nitrogens with zero attached hydrogens (tertiary/aromatic N) is 3. The van der Waals surface area contributed by atoms with Gasteiger partial charge in [-0.1, -0.05) is 12.1 Å². The molecule has 1 aliphatic rings. The third-order valence-electron chi connectivity index (χ3n) is 4.46. The van der Waals surface area contributed by atoms with Crippen LogP contribution in [-0.4, -0.2) is 61.8 Å². The van der Waals surface area contributed by atoms with Crippen LogP contribution in [0.25, 0.3) is 0 Å². The number of hydrazine groups is 1. The summed E-state index contributed by atoms with van der Waals surface area (Å²) in [6.45, 7) is 1.82. The Bertz CT molecular complexity index is 713. The second-order valence-electron chi connectivity index (χ2n) is 7.19. The van der Waals surface area contributed by atoms with Crippen molar-refractivity contribution < 1.29 is 20.1 Å². The maximum absolute atomic E-state index is 9.03. The summed E-state index contributed by atoms with van der Waals surface area (Å²) >= 11 is 0. The van der Waals surface area contributed by atoms with Crippen LogP contribution in [0.1, 0.15) is 24.2 Å². The summed E-state index contributed by atoms with van der Waals surface area (Å²) in [4.78, 5) is 10.9. The molecule has 0 aliphatic carbocycles. The van der Waals surface area contributed by atoms with Crippen LogP contribution >= 0.6 is 0 Å². The largest absolute Gasteiger partial charge is 0.400 e. The van der Waals surface area contributed by atoms with E-state index in [1.807, 2.05) is 36.4 Å². The van der Waals surface area contributed by atoms with Gasteiger partial charge in [-0.25, -0.2) is 0 Å². The normalized spacial score (nSPS) is 21.3. The zero-order valence-corrected chi connectivity index (χ0v) is 17.4. The highest BCUT2D eigenvalue weighted by Crippen LogP contribution is 2.17. The highest BCUT2D eigenvalue weighted by atomic mass is 16.6. The van der Waals surface area contributed by atoms with Crippen LogP contribution in [0.15, 0.2) is 60.7 Å². The third kappa shape index (κ3) is 9.83. The first-order valence-electron chi connectivity index (χ1n) is 10.1. The van der Waals surface area contributed by atoms with Crippen LogP contribution < -0.4 is 17.0 Å². The van der Waals surface area contributed by atoms with E-state index in [1.54, 1.807) is 18.6 Å². The van der Waals surface area contributed by atoms with E-state index in [0.29, 0.717) is 31.8 Å². The molecule has 10 heteroatoms. The molecule has 170 valence electrons. The zero-order valence-electron chi connectivity index (χ0n) is 17.4. The van der Waals surface area contributed by atoms with Gasteiger partial charge in [0.1, 0.15) is 0 Å². The summed E-state index contributed by atoms with van der Waals surface area (Å²) in [5.41, 5.74) is 11.0. The molecule has 3 atom stereocenters. The Kier molecular flexibility index (Phi) is 10.9. The van der Waals surface area contributed by atoms with Crippen LogP contribution in [0, 0.1) is 0 Å². The molecule has 0 saturated carbocycles. The molecule has 0 bridgehead atoms. The van der Waals surface area contributed by atoms with Gasteiger partial charge in [0.2, 0.25) is 0 Å². The minimum Gasteiger partial charge on any atom is -0.400 e. The molecule has 3 heterocycles. The topological polar surface area (TPSA) is 163 Å². The Morgan fingerprint density at radius 3 is 2.16 bits per heavy atom. The van der Waals surface area contributed by atoms with Gasteiger partial charge >= 0.3 is 0 Å². The van der Waals surface area contributed by atoms with Crippen LogP contribution in [0.3, 0.4) is 0 Å². The molecule has 0 spiro atoms. The van der Waals surface area contributed by atoms with Crippen LogP contribution in [0.5, 0.6) is 0 Å². The zero-order chi connectivity index (χ0) is 22.5. The number of aliphatic hydroxyl groups excluding tert-OH is 3. The van der Waals surface area contributed by atoms with Crippen LogP contribution in [0.2, 0.25) is 0 Å². The molecule has 0 amide bonds. The van der Waals surface area contributed by atoms with Gasteiger partial charge in [-0.15, -0.1) is 0 Å². The van der Waals surface area contributed by atoms with Gasteiger partial charge in [0, 0.05) is 56.8 Å². The smallest absolute Gasteiger partial charge is 0.157 e. The lowest BCUT2D eigenvalue weighted by atomic mass is 10.1. The molecule has 31 heavy (non-hydrogen) atoms. The maximum atomic E-state index is 9.03. The first-order valence-corrected chi connectivity index (χ1v) is 10.1. The van der Waals surface area contributed by atoms with Crippen molar-refractivity contribution in [3.63, 3.8) is 0 Å². The lowest BCUT2D eigenvalue weighted by Crippen LogP contribution is -2.37. The average molecular weight is 433 g/mol. The summed E-state index contributed by atoms with van der Waals surface area (Å²) in [5.74, 6) is 5.26. The fraction of sp³-hybridized carbons (Fsp3) is 0.429. The number of nitrogens with two attached hydrogens (primary N) is 2. The molecule has 1 aliphatic heterocycles. The van der Waals surface area contributed by atoms with E-state index >= 15 is 0 Å². The number of aromatic nitrogens is 2. The van der Waals surface area contributed by atoms with E-state index in [2.05, 4.69) is 20.3 Å². The number of pyridine rings is 2. The monoisotopic (exact) mass is 432 g/mol. The fourth-order valence-corrected chi connectivity index (χ4v) is 3.10. The number of hydrogen-bond acceptors (Lipinski definition) is 10. The predicted molar refractivity (Wildman–Crippen MR) is 115 cm³/mol. The van der Waals surface area contributed by atoms with E-state index in [4.69, 9.17) is 31.6 Å². The van der Waals surface area contributed by atoms with E-state index in [-0.39, 0.29) is 13.0 Å². The fourth-order valence-electron chi connectivity index (χ4n) is 3.10. The second kappa shape index (κ2) is 13.7. The number of rotatable bonds is 8. The molecule has 3 unspecified atom stereocenters. The SMILES string of the molecule is NN/C=C(\N)CN(Cc1ccccn1)Cc1ccccn1.OCC1CC(O)CC(O)O1. The molecule has 0 radical (unpaired) electrons. The number of ether oxygens (including phenoxy) is 1.